The smallest absolute Gasteiger partial charge is 0.410 e. The molecular formula is C19H29NO3. The van der Waals surface area contributed by atoms with E-state index in [0.717, 1.165) is 18.4 Å². The molecule has 1 aromatic rings. The van der Waals surface area contributed by atoms with Gasteiger partial charge in [-0.2, -0.15) is 0 Å². The Bertz CT molecular complexity index is 519. The van der Waals surface area contributed by atoms with E-state index in [1.807, 2.05) is 43.9 Å². The first-order chi connectivity index (χ1) is 10.7. The highest BCUT2D eigenvalue weighted by Crippen LogP contribution is 2.30. The molecule has 1 aromatic carbocycles. The molecule has 0 spiro atoms. The first kappa shape index (κ1) is 17.8. The fraction of sp³-hybridized carbons (Fsp3) is 0.632. The third-order valence-electron chi connectivity index (χ3n) is 4.14. The first-order valence-corrected chi connectivity index (χ1v) is 8.33. The molecule has 4 heteroatoms. The summed E-state index contributed by atoms with van der Waals surface area (Å²) in [5, 5.41) is 0. The molecule has 1 fully saturated rings. The quantitative estimate of drug-likeness (QED) is 0.830. The maximum Gasteiger partial charge on any atom is 0.410 e. The number of likely N-dealkylation sites (tertiary alicyclic amines) is 1. The third-order valence-corrected chi connectivity index (χ3v) is 4.14. The van der Waals surface area contributed by atoms with Gasteiger partial charge in [0.1, 0.15) is 5.60 Å². The molecule has 0 aromatic heterocycles. The van der Waals surface area contributed by atoms with Gasteiger partial charge in [-0.05, 0) is 53.0 Å². The van der Waals surface area contributed by atoms with Crippen molar-refractivity contribution in [3.63, 3.8) is 0 Å². The normalized spacial score (nSPS) is 21.1. The lowest BCUT2D eigenvalue weighted by Crippen LogP contribution is -2.56. The number of benzene rings is 1. The molecule has 0 saturated carbocycles. The van der Waals surface area contributed by atoms with Gasteiger partial charge in [0.25, 0.3) is 0 Å². The van der Waals surface area contributed by atoms with E-state index in [2.05, 4.69) is 26.0 Å². The van der Waals surface area contributed by atoms with Crippen molar-refractivity contribution < 1.29 is 14.3 Å². The predicted octanol–water partition coefficient (Wildman–Crippen LogP) is 4.38. The van der Waals surface area contributed by atoms with Crippen molar-refractivity contribution in [2.24, 2.45) is 0 Å². The minimum atomic E-state index is -0.481. The fourth-order valence-electron chi connectivity index (χ4n) is 2.75. The zero-order chi connectivity index (χ0) is 17.1. The van der Waals surface area contributed by atoms with Crippen molar-refractivity contribution in [3.05, 3.63) is 35.9 Å². The number of rotatable bonds is 3. The summed E-state index contributed by atoms with van der Waals surface area (Å²) in [4.78, 5) is 14.3. The molecule has 0 aliphatic carbocycles. The van der Waals surface area contributed by atoms with Crippen molar-refractivity contribution in [2.75, 3.05) is 6.54 Å². The molecule has 1 amide bonds. The van der Waals surface area contributed by atoms with Gasteiger partial charge >= 0.3 is 6.09 Å². The van der Waals surface area contributed by atoms with Crippen LogP contribution in [0.1, 0.15) is 53.0 Å². The lowest BCUT2D eigenvalue weighted by atomic mass is 9.89. The molecule has 1 aliphatic heterocycles. The van der Waals surface area contributed by atoms with Crippen LogP contribution in [-0.4, -0.2) is 34.8 Å². The second-order valence-corrected chi connectivity index (χ2v) is 7.86. The number of piperidine rings is 1. The minimum absolute atomic E-state index is 0.0516. The van der Waals surface area contributed by atoms with Crippen molar-refractivity contribution in [2.45, 2.75) is 71.3 Å². The average Bonchev–Trinajstić information content (AvgIpc) is 2.45. The van der Waals surface area contributed by atoms with Crippen molar-refractivity contribution in [1.82, 2.24) is 4.90 Å². The Hall–Kier alpha value is -1.55. The van der Waals surface area contributed by atoms with Crippen LogP contribution in [0.3, 0.4) is 0 Å². The molecule has 4 nitrogen and oxygen atoms in total. The highest BCUT2D eigenvalue weighted by Gasteiger charge is 2.39. The maximum absolute atomic E-state index is 12.5. The van der Waals surface area contributed by atoms with Crippen molar-refractivity contribution in [1.29, 1.82) is 0 Å². The van der Waals surface area contributed by atoms with Gasteiger partial charge in [0.05, 0.1) is 19.3 Å². The standard InChI is InChI=1S/C19H29NO3/c1-18(2,3)23-17(21)20-13-16(11-12-19(20,4)5)22-14-15-9-7-6-8-10-15/h6-10,16H,11-14H2,1-5H3. The number of hydrogen-bond donors (Lipinski definition) is 0. The van der Waals surface area contributed by atoms with Gasteiger partial charge in [-0.15, -0.1) is 0 Å². The molecule has 1 aliphatic rings. The van der Waals surface area contributed by atoms with Gasteiger partial charge in [-0.25, -0.2) is 4.79 Å². The Morgan fingerprint density at radius 2 is 1.91 bits per heavy atom. The molecule has 1 heterocycles. The Labute approximate surface area is 139 Å². The van der Waals surface area contributed by atoms with Gasteiger partial charge in [0.2, 0.25) is 0 Å². The number of carbonyl (C=O) groups excluding carboxylic acids is 1. The van der Waals surface area contributed by atoms with Crippen LogP contribution in [0.4, 0.5) is 4.79 Å². The van der Waals surface area contributed by atoms with Crippen LogP contribution in [0.5, 0.6) is 0 Å². The van der Waals surface area contributed by atoms with Crippen molar-refractivity contribution >= 4 is 6.09 Å². The van der Waals surface area contributed by atoms with E-state index < -0.39 is 5.60 Å². The summed E-state index contributed by atoms with van der Waals surface area (Å²) in [6, 6.07) is 10.1. The summed E-state index contributed by atoms with van der Waals surface area (Å²) in [7, 11) is 0. The number of amides is 1. The van der Waals surface area contributed by atoms with E-state index in [4.69, 9.17) is 9.47 Å². The molecule has 2 rings (SSSR count). The molecule has 0 radical (unpaired) electrons. The highest BCUT2D eigenvalue weighted by molar-refractivity contribution is 5.69. The summed E-state index contributed by atoms with van der Waals surface area (Å²) in [6.45, 7) is 11.0. The lowest BCUT2D eigenvalue weighted by Gasteiger charge is -2.45. The Morgan fingerprint density at radius 3 is 2.52 bits per heavy atom. The van der Waals surface area contributed by atoms with Crippen LogP contribution >= 0.6 is 0 Å². The SMILES string of the molecule is CC(C)(C)OC(=O)N1CC(OCc2ccccc2)CCC1(C)C. The van der Waals surface area contributed by atoms with E-state index in [1.54, 1.807) is 0 Å². The maximum atomic E-state index is 12.5. The largest absolute Gasteiger partial charge is 0.444 e. The lowest BCUT2D eigenvalue weighted by molar-refractivity contribution is -0.0606. The van der Waals surface area contributed by atoms with E-state index in [9.17, 15) is 4.79 Å². The predicted molar refractivity (Wildman–Crippen MR) is 91.3 cm³/mol. The van der Waals surface area contributed by atoms with Gasteiger partial charge in [-0.3, -0.25) is 0 Å². The third kappa shape index (κ3) is 5.24. The van der Waals surface area contributed by atoms with Crippen LogP contribution in [0, 0.1) is 0 Å². The molecule has 128 valence electrons. The van der Waals surface area contributed by atoms with Crippen LogP contribution in [-0.2, 0) is 16.1 Å². The summed E-state index contributed by atoms with van der Waals surface area (Å²) in [6.07, 6.45) is 1.66. The summed E-state index contributed by atoms with van der Waals surface area (Å²) in [5.74, 6) is 0. The zero-order valence-electron chi connectivity index (χ0n) is 15.0. The second kappa shape index (κ2) is 6.91. The second-order valence-electron chi connectivity index (χ2n) is 7.86. The van der Waals surface area contributed by atoms with Crippen LogP contribution in [0.15, 0.2) is 30.3 Å². The van der Waals surface area contributed by atoms with E-state index in [-0.39, 0.29) is 17.7 Å². The highest BCUT2D eigenvalue weighted by atomic mass is 16.6. The monoisotopic (exact) mass is 319 g/mol. The Balaban J connectivity index is 1.96. The molecular weight excluding hydrogens is 290 g/mol. The van der Waals surface area contributed by atoms with Gasteiger partial charge in [-0.1, -0.05) is 30.3 Å². The number of hydrogen-bond acceptors (Lipinski definition) is 3. The molecule has 1 saturated heterocycles. The topological polar surface area (TPSA) is 38.8 Å². The fourth-order valence-corrected chi connectivity index (χ4v) is 2.75. The minimum Gasteiger partial charge on any atom is -0.444 e. The zero-order valence-corrected chi connectivity index (χ0v) is 15.0. The molecule has 0 bridgehead atoms. The first-order valence-electron chi connectivity index (χ1n) is 8.33. The summed E-state index contributed by atoms with van der Waals surface area (Å²) in [5.41, 5.74) is 0.473. The Morgan fingerprint density at radius 1 is 1.26 bits per heavy atom. The Kier molecular flexibility index (Phi) is 5.35. The van der Waals surface area contributed by atoms with Crippen LogP contribution in [0.25, 0.3) is 0 Å². The molecule has 23 heavy (non-hydrogen) atoms. The summed E-state index contributed by atoms with van der Waals surface area (Å²) >= 11 is 0. The van der Waals surface area contributed by atoms with Crippen LogP contribution in [0.2, 0.25) is 0 Å². The number of nitrogens with zero attached hydrogens (tertiary/aromatic N) is 1. The van der Waals surface area contributed by atoms with E-state index in [0.29, 0.717) is 13.2 Å². The van der Waals surface area contributed by atoms with Gasteiger partial charge in [0.15, 0.2) is 0 Å². The summed E-state index contributed by atoms with van der Waals surface area (Å²) < 4.78 is 11.6. The average molecular weight is 319 g/mol. The van der Waals surface area contributed by atoms with E-state index >= 15 is 0 Å². The number of carbonyl (C=O) groups is 1. The van der Waals surface area contributed by atoms with Crippen LogP contribution < -0.4 is 0 Å². The molecule has 0 N–H and O–H groups in total. The van der Waals surface area contributed by atoms with E-state index in [1.165, 1.54) is 0 Å². The number of ether oxygens (including phenoxy) is 2. The molecule has 1 unspecified atom stereocenters. The van der Waals surface area contributed by atoms with Gasteiger partial charge < -0.3 is 14.4 Å². The molecule has 1 atom stereocenters. The van der Waals surface area contributed by atoms with Crippen molar-refractivity contribution in [3.8, 4) is 0 Å². The van der Waals surface area contributed by atoms with Gasteiger partial charge in [0, 0.05) is 5.54 Å².